The molecule has 0 bridgehead atoms. The van der Waals surface area contributed by atoms with Gasteiger partial charge in [-0.2, -0.15) is 9.78 Å². The average molecular weight is 565 g/mol. The number of Topliss-reactive ketones (excluding diaryl/α,β-unsaturated/α-hetero) is 1. The van der Waals surface area contributed by atoms with Crippen LogP contribution in [-0.2, 0) is 11.2 Å². The topological polar surface area (TPSA) is 91.6 Å². The van der Waals surface area contributed by atoms with Gasteiger partial charge in [0.1, 0.15) is 5.69 Å². The molecule has 4 aromatic rings. The highest BCUT2D eigenvalue weighted by molar-refractivity contribution is 6.43. The summed E-state index contributed by atoms with van der Waals surface area (Å²) < 4.78 is 1.42. The number of nitrogens with zero attached hydrogens (tertiary/aromatic N) is 6. The fourth-order valence-corrected chi connectivity index (χ4v) is 5.66. The summed E-state index contributed by atoms with van der Waals surface area (Å²) in [6.07, 6.45) is 4.16. The summed E-state index contributed by atoms with van der Waals surface area (Å²) in [4.78, 5) is 50.5. The molecule has 5 rings (SSSR count). The summed E-state index contributed by atoms with van der Waals surface area (Å²) in [5.74, 6) is -0.962. The number of likely N-dealkylation sites (N-methyl/N-ethyl adjacent to an activating group) is 1. The van der Waals surface area contributed by atoms with Crippen LogP contribution in [0.4, 0.5) is 11.4 Å². The fourth-order valence-electron chi connectivity index (χ4n) is 5.66. The van der Waals surface area contributed by atoms with E-state index in [9.17, 15) is 14.4 Å². The molecular formula is C33H36N6O3. The number of amides is 1. The predicted molar refractivity (Wildman–Crippen MR) is 165 cm³/mol. The number of anilines is 2. The lowest BCUT2D eigenvalue weighted by atomic mass is 9.96. The van der Waals surface area contributed by atoms with Crippen molar-refractivity contribution in [1.29, 1.82) is 0 Å². The minimum absolute atomic E-state index is 0.221. The Kier molecular flexibility index (Phi) is 8.47. The Balaban J connectivity index is 1.38. The Labute approximate surface area is 246 Å². The first-order valence-corrected chi connectivity index (χ1v) is 14.2. The smallest absolute Gasteiger partial charge is 0.297 e. The number of aryl methyl sites for hydroxylation is 3. The van der Waals surface area contributed by atoms with Gasteiger partial charge in [-0.15, -0.1) is 0 Å². The van der Waals surface area contributed by atoms with Crippen molar-refractivity contribution >= 4 is 23.1 Å². The third-order valence-electron chi connectivity index (χ3n) is 7.75. The summed E-state index contributed by atoms with van der Waals surface area (Å²) in [6.45, 7) is 7.99. The van der Waals surface area contributed by atoms with Crippen molar-refractivity contribution in [3.8, 4) is 5.69 Å². The first-order valence-electron chi connectivity index (χ1n) is 14.2. The lowest BCUT2D eigenvalue weighted by molar-refractivity contribution is -0.126. The van der Waals surface area contributed by atoms with Crippen LogP contribution in [0.2, 0.25) is 0 Å². The number of hydrogen-bond acceptors (Lipinski definition) is 7. The van der Waals surface area contributed by atoms with E-state index in [1.165, 1.54) is 4.68 Å². The van der Waals surface area contributed by atoms with E-state index in [0.717, 1.165) is 22.4 Å². The molecule has 0 spiro atoms. The van der Waals surface area contributed by atoms with Crippen LogP contribution in [0, 0.1) is 20.8 Å². The number of ketones is 1. The molecule has 0 atom stereocenters. The number of rotatable bonds is 8. The molecule has 42 heavy (non-hydrogen) atoms. The molecular weight excluding hydrogens is 528 g/mol. The minimum atomic E-state index is -0.491. The van der Waals surface area contributed by atoms with Gasteiger partial charge in [-0.3, -0.25) is 19.4 Å². The molecule has 2 aromatic heterocycles. The molecule has 0 N–H and O–H groups in total. The van der Waals surface area contributed by atoms with Gasteiger partial charge in [0.05, 0.1) is 17.6 Å². The maximum Gasteiger partial charge on any atom is 0.297 e. The highest BCUT2D eigenvalue weighted by Gasteiger charge is 2.30. The van der Waals surface area contributed by atoms with Crippen LogP contribution in [0.3, 0.4) is 0 Å². The van der Waals surface area contributed by atoms with Gasteiger partial charge in [0.2, 0.25) is 0 Å². The molecule has 0 aliphatic carbocycles. The third kappa shape index (κ3) is 5.95. The normalized spacial score (nSPS) is 13.2. The molecule has 1 aliphatic rings. The van der Waals surface area contributed by atoms with E-state index in [1.54, 1.807) is 17.3 Å². The van der Waals surface area contributed by atoms with E-state index in [0.29, 0.717) is 61.8 Å². The summed E-state index contributed by atoms with van der Waals surface area (Å²) in [7, 11) is 1.91. The number of hydrogen-bond donors (Lipinski definition) is 0. The van der Waals surface area contributed by atoms with Gasteiger partial charge in [-0.1, -0.05) is 42.0 Å². The summed E-state index contributed by atoms with van der Waals surface area (Å²) >= 11 is 0. The lowest BCUT2D eigenvalue weighted by Crippen LogP contribution is -2.51. The van der Waals surface area contributed by atoms with E-state index >= 15 is 0 Å². The number of carbonyl (C=O) groups is 2. The van der Waals surface area contributed by atoms with Crippen LogP contribution in [-0.4, -0.2) is 71.1 Å². The molecule has 1 fully saturated rings. The Bertz CT molecular complexity index is 1620. The molecule has 0 saturated carbocycles. The van der Waals surface area contributed by atoms with Gasteiger partial charge in [-0.05, 0) is 56.2 Å². The molecule has 0 unspecified atom stereocenters. The van der Waals surface area contributed by atoms with E-state index in [1.807, 2.05) is 93.4 Å². The molecule has 1 amide bonds. The van der Waals surface area contributed by atoms with Gasteiger partial charge in [-0.25, -0.2) is 0 Å². The Morgan fingerprint density at radius 2 is 1.57 bits per heavy atom. The maximum atomic E-state index is 13.9. The Hall–Kier alpha value is -4.79. The van der Waals surface area contributed by atoms with E-state index in [2.05, 4.69) is 15.0 Å². The van der Waals surface area contributed by atoms with Gasteiger partial charge in [0.25, 0.3) is 17.2 Å². The zero-order valence-electron chi connectivity index (χ0n) is 24.6. The summed E-state index contributed by atoms with van der Waals surface area (Å²) in [5.41, 5.74) is 5.82. The van der Waals surface area contributed by atoms with E-state index in [-0.39, 0.29) is 5.56 Å². The van der Waals surface area contributed by atoms with Crippen molar-refractivity contribution in [2.24, 2.45) is 0 Å². The summed E-state index contributed by atoms with van der Waals surface area (Å²) in [6, 6.07) is 19.0. The highest BCUT2D eigenvalue weighted by atomic mass is 16.2. The van der Waals surface area contributed by atoms with Crippen LogP contribution in [0.15, 0.2) is 77.9 Å². The number of aromatic nitrogens is 3. The average Bonchev–Trinajstić information content (AvgIpc) is 3.00. The SMILES string of the molecule is Cc1cc(C)c(C(=O)C(=O)N2CCN(c3cnn(-c4ccccc4)c(=O)c3N(C)CCc3ccccn3)CC2)c(C)c1. The first kappa shape index (κ1) is 28.7. The molecule has 3 heterocycles. The van der Waals surface area contributed by atoms with Gasteiger partial charge in [0.15, 0.2) is 0 Å². The fraction of sp³-hybridized carbons (Fsp3) is 0.303. The van der Waals surface area contributed by atoms with Crippen molar-refractivity contribution in [3.63, 3.8) is 0 Å². The van der Waals surface area contributed by atoms with Crippen molar-refractivity contribution in [2.45, 2.75) is 27.2 Å². The van der Waals surface area contributed by atoms with Gasteiger partial charge >= 0.3 is 0 Å². The molecule has 1 saturated heterocycles. The van der Waals surface area contributed by atoms with Crippen LogP contribution in [0.1, 0.15) is 32.7 Å². The number of piperazine rings is 1. The molecule has 216 valence electrons. The summed E-state index contributed by atoms with van der Waals surface area (Å²) in [5, 5.41) is 4.52. The van der Waals surface area contributed by atoms with Crippen molar-refractivity contribution in [1.82, 2.24) is 19.7 Å². The molecule has 1 aliphatic heterocycles. The van der Waals surface area contributed by atoms with Crippen molar-refractivity contribution in [3.05, 3.63) is 111 Å². The standard InChI is InChI=1S/C33H36N6O3/c1-23-20-24(2)29(25(3)21-23)31(40)33(42)38-18-16-37(17-19-38)28-22-35-39(27-11-6-5-7-12-27)32(41)30(28)36(4)15-13-26-10-8-9-14-34-26/h5-12,14,20-22H,13,15-19H2,1-4H3. The zero-order valence-corrected chi connectivity index (χ0v) is 24.6. The van der Waals surface area contributed by atoms with E-state index in [4.69, 9.17) is 0 Å². The second kappa shape index (κ2) is 12.4. The highest BCUT2D eigenvalue weighted by Crippen LogP contribution is 2.27. The maximum absolute atomic E-state index is 13.9. The van der Waals surface area contributed by atoms with Crippen molar-refractivity contribution in [2.75, 3.05) is 49.6 Å². The van der Waals surface area contributed by atoms with Crippen LogP contribution in [0.25, 0.3) is 5.69 Å². The predicted octanol–water partition coefficient (Wildman–Crippen LogP) is 3.76. The van der Waals surface area contributed by atoms with Gasteiger partial charge < -0.3 is 14.7 Å². The second-order valence-electron chi connectivity index (χ2n) is 10.8. The molecule has 0 radical (unpaired) electrons. The third-order valence-corrected chi connectivity index (χ3v) is 7.75. The molecule has 9 nitrogen and oxygen atoms in total. The first-order chi connectivity index (χ1) is 20.2. The number of para-hydroxylation sites is 1. The van der Waals surface area contributed by atoms with Crippen molar-refractivity contribution < 1.29 is 9.59 Å². The van der Waals surface area contributed by atoms with Crippen LogP contribution < -0.4 is 15.4 Å². The lowest BCUT2D eigenvalue weighted by Gasteiger charge is -2.37. The number of carbonyl (C=O) groups excluding carboxylic acids is 2. The number of pyridine rings is 1. The zero-order chi connectivity index (χ0) is 29.8. The van der Waals surface area contributed by atoms with E-state index < -0.39 is 11.7 Å². The second-order valence-corrected chi connectivity index (χ2v) is 10.8. The number of benzene rings is 2. The largest absolute Gasteiger partial charge is 0.368 e. The Morgan fingerprint density at radius 3 is 2.21 bits per heavy atom. The van der Waals surface area contributed by atoms with Crippen LogP contribution in [0.5, 0.6) is 0 Å². The quantitative estimate of drug-likeness (QED) is 0.238. The monoisotopic (exact) mass is 564 g/mol. The van der Waals surface area contributed by atoms with Crippen LogP contribution >= 0.6 is 0 Å². The van der Waals surface area contributed by atoms with Gasteiger partial charge in [0, 0.05) is 63.6 Å². The Morgan fingerprint density at radius 1 is 0.905 bits per heavy atom. The molecule has 2 aromatic carbocycles. The molecule has 9 heteroatoms. The minimum Gasteiger partial charge on any atom is -0.368 e.